The number of β-lactam (4-membered cyclic amide) rings is 1. The number of fused-ring (bicyclic) bond motifs is 1. The molecule has 0 saturated carbocycles. The second kappa shape index (κ2) is 12.9. The smallest absolute Gasteiger partial charge is 0.418 e. The average Bonchev–Trinajstić information content (AvgIpc) is 3.43. The molecule has 3 atom stereocenters. The number of nitrogens with two attached hydrogens (primary N) is 2. The van der Waals surface area contributed by atoms with Crippen LogP contribution in [0.15, 0.2) is 33.7 Å². The lowest BCUT2D eigenvalue weighted by Gasteiger charge is -2.50. The number of nitrogens with zero attached hydrogens (tertiary/aromatic N) is 4. The van der Waals surface area contributed by atoms with E-state index in [0.29, 0.717) is 29.5 Å². The highest BCUT2D eigenvalue weighted by molar-refractivity contribution is 7.80. The molecular formula is C27H36N8O8S2. The van der Waals surface area contributed by atoms with E-state index in [4.69, 9.17) is 30.6 Å². The summed E-state index contributed by atoms with van der Waals surface area (Å²) in [5.74, 6) is -0.514. The molecule has 3 aliphatic rings. The van der Waals surface area contributed by atoms with Crippen LogP contribution < -0.4 is 26.8 Å². The number of rotatable bonds is 10. The van der Waals surface area contributed by atoms with Gasteiger partial charge in [0.15, 0.2) is 16.9 Å². The van der Waals surface area contributed by atoms with E-state index in [2.05, 4.69) is 25.1 Å². The molecule has 2 fully saturated rings. The van der Waals surface area contributed by atoms with Crippen LogP contribution in [0, 0.1) is 0 Å². The fourth-order valence-corrected chi connectivity index (χ4v) is 6.33. The summed E-state index contributed by atoms with van der Waals surface area (Å²) in [4.78, 5) is 40.4. The first-order valence-electron chi connectivity index (χ1n) is 14.3. The third-order valence-corrected chi connectivity index (χ3v) is 8.91. The number of oxime groups is 1. The summed E-state index contributed by atoms with van der Waals surface area (Å²) in [5, 5.41) is 12.1. The van der Waals surface area contributed by atoms with E-state index in [-0.39, 0.29) is 22.6 Å². The predicted octanol–water partition coefficient (Wildman–Crippen LogP) is 0.526. The molecule has 3 unspecified atom stereocenters. The molecule has 3 aliphatic heterocycles. The number of anilines is 1. The van der Waals surface area contributed by atoms with Crippen molar-refractivity contribution in [3.05, 3.63) is 40.4 Å². The summed E-state index contributed by atoms with van der Waals surface area (Å²) >= 11 is 1.08. The van der Waals surface area contributed by atoms with E-state index in [9.17, 15) is 18.0 Å². The minimum Gasteiger partial charge on any atom is -0.486 e. The zero-order valence-electron chi connectivity index (χ0n) is 24.9. The number of amidine groups is 1. The number of thiazole rings is 1. The molecule has 0 bridgehead atoms. The van der Waals surface area contributed by atoms with Gasteiger partial charge in [-0.2, -0.15) is 13.5 Å². The fraction of sp³-hybridized carbons (Fsp3) is 0.519. The van der Waals surface area contributed by atoms with Crippen LogP contribution in [0.2, 0.25) is 0 Å². The molecule has 18 heteroatoms. The van der Waals surface area contributed by atoms with E-state index in [1.165, 1.54) is 19.2 Å². The Kier molecular flexibility index (Phi) is 9.31. The third kappa shape index (κ3) is 7.36. The van der Waals surface area contributed by atoms with Crippen LogP contribution in [0.4, 0.5) is 5.13 Å². The normalized spacial score (nSPS) is 23.0. The quantitative estimate of drug-likeness (QED) is 0.0769. The van der Waals surface area contributed by atoms with Gasteiger partial charge in [0.2, 0.25) is 0 Å². The van der Waals surface area contributed by atoms with Gasteiger partial charge in [-0.1, -0.05) is 5.16 Å². The number of aliphatic imine (C=N–C) groups is 1. The molecule has 45 heavy (non-hydrogen) atoms. The van der Waals surface area contributed by atoms with Gasteiger partial charge in [0.1, 0.15) is 29.4 Å². The minimum atomic E-state index is -4.95. The number of ether oxygens (including phenoxy) is 1. The molecular weight excluding hydrogens is 628 g/mol. The number of carbonyl (C=O) groups excluding carboxylic acids is 2. The lowest BCUT2D eigenvalue weighted by Crippen LogP contribution is -2.76. The maximum absolute atomic E-state index is 13.3. The van der Waals surface area contributed by atoms with Crippen molar-refractivity contribution in [2.45, 2.75) is 76.3 Å². The van der Waals surface area contributed by atoms with E-state index in [0.717, 1.165) is 48.4 Å². The topological polar surface area (TPSA) is 233 Å². The summed E-state index contributed by atoms with van der Waals surface area (Å²) in [6, 6.07) is 4.75. The van der Waals surface area contributed by atoms with Gasteiger partial charge in [0.05, 0.1) is 11.6 Å². The highest BCUT2D eigenvalue weighted by Crippen LogP contribution is 2.33. The Labute approximate surface area is 264 Å². The lowest BCUT2D eigenvalue weighted by atomic mass is 9.84. The van der Waals surface area contributed by atoms with E-state index in [1.54, 1.807) is 6.92 Å². The molecule has 5 rings (SSSR count). The number of nitrogen functional groups attached to an aromatic ring is 1. The summed E-state index contributed by atoms with van der Waals surface area (Å²) < 4.78 is 41.8. The van der Waals surface area contributed by atoms with Gasteiger partial charge in [-0.05, 0) is 83.3 Å². The maximum Gasteiger partial charge on any atom is 0.418 e. The van der Waals surface area contributed by atoms with Crippen LogP contribution in [-0.2, 0) is 35.5 Å². The van der Waals surface area contributed by atoms with Gasteiger partial charge in [-0.3, -0.25) is 19.1 Å². The van der Waals surface area contributed by atoms with Crippen molar-refractivity contribution >= 4 is 50.2 Å². The Morgan fingerprint density at radius 1 is 1.31 bits per heavy atom. The Morgan fingerprint density at radius 3 is 2.69 bits per heavy atom. The van der Waals surface area contributed by atoms with Gasteiger partial charge >= 0.3 is 10.4 Å². The van der Waals surface area contributed by atoms with Crippen molar-refractivity contribution in [1.29, 1.82) is 0 Å². The number of hydrogen-bond donors (Lipinski definition) is 5. The van der Waals surface area contributed by atoms with Crippen LogP contribution in [0.25, 0.3) is 0 Å². The number of nitrogens with one attached hydrogen (secondary N) is 2. The number of hydroxylamine groups is 2. The third-order valence-electron chi connectivity index (χ3n) is 7.90. The van der Waals surface area contributed by atoms with Gasteiger partial charge in [-0.15, -0.1) is 15.6 Å². The number of amides is 2. The van der Waals surface area contributed by atoms with E-state index in [1.807, 2.05) is 18.2 Å². The average molecular weight is 665 g/mol. The monoisotopic (exact) mass is 664 g/mol. The second-order valence-corrected chi connectivity index (χ2v) is 13.4. The van der Waals surface area contributed by atoms with Crippen molar-refractivity contribution in [3.8, 4) is 5.75 Å². The Morgan fingerprint density at radius 2 is 2.04 bits per heavy atom. The SMILES string of the molecule is CC(O/N=C(\C(=O)NC1C(=O)N(OS(=O)(=O)O)C1(C)C)c1csc(N)n1)C1CCc2cc(C(N)=NC3CCNCC3)ccc2O1. The number of carbonyl (C=O) groups is 2. The number of aryl methyl sites for hydroxylation is 1. The molecule has 0 spiro atoms. The van der Waals surface area contributed by atoms with Crippen LogP contribution >= 0.6 is 11.3 Å². The zero-order valence-corrected chi connectivity index (χ0v) is 26.6. The number of aromatic nitrogens is 1. The zero-order chi connectivity index (χ0) is 32.5. The predicted molar refractivity (Wildman–Crippen MR) is 165 cm³/mol. The molecule has 1 aromatic heterocycles. The van der Waals surface area contributed by atoms with E-state index < -0.39 is 46.0 Å². The summed E-state index contributed by atoms with van der Waals surface area (Å²) in [6.07, 6.45) is 2.23. The van der Waals surface area contributed by atoms with Crippen molar-refractivity contribution < 1.29 is 36.4 Å². The molecule has 2 saturated heterocycles. The summed E-state index contributed by atoms with van der Waals surface area (Å²) in [5.41, 5.74) is 12.5. The minimum absolute atomic E-state index is 0.115. The summed E-state index contributed by atoms with van der Waals surface area (Å²) in [7, 11) is -4.95. The molecule has 16 nitrogen and oxygen atoms in total. The first-order chi connectivity index (χ1) is 21.2. The molecule has 0 aliphatic carbocycles. The van der Waals surface area contributed by atoms with Crippen LogP contribution in [0.5, 0.6) is 5.75 Å². The Hall–Kier alpha value is -3.84. The van der Waals surface area contributed by atoms with Crippen molar-refractivity contribution in [1.82, 2.24) is 20.7 Å². The maximum atomic E-state index is 13.3. The van der Waals surface area contributed by atoms with Gasteiger partial charge in [0.25, 0.3) is 11.8 Å². The van der Waals surface area contributed by atoms with Gasteiger partial charge in [-0.25, -0.2) is 4.98 Å². The molecule has 2 amide bonds. The van der Waals surface area contributed by atoms with Crippen LogP contribution in [0.3, 0.4) is 0 Å². The Bertz CT molecular complexity index is 1620. The van der Waals surface area contributed by atoms with E-state index >= 15 is 0 Å². The first kappa shape index (κ1) is 32.6. The summed E-state index contributed by atoms with van der Waals surface area (Å²) in [6.45, 7) is 6.50. The number of benzene rings is 1. The molecule has 2 aromatic rings. The highest BCUT2D eigenvalue weighted by Gasteiger charge is 2.58. The molecule has 244 valence electrons. The molecule has 7 N–H and O–H groups in total. The molecule has 1 aromatic carbocycles. The van der Waals surface area contributed by atoms with Crippen molar-refractivity contribution in [3.63, 3.8) is 0 Å². The van der Waals surface area contributed by atoms with Crippen molar-refractivity contribution in [2.24, 2.45) is 15.9 Å². The number of hydrogen-bond acceptors (Lipinski definition) is 13. The van der Waals surface area contributed by atoms with Crippen molar-refractivity contribution in [2.75, 3.05) is 18.8 Å². The van der Waals surface area contributed by atoms with Gasteiger partial charge in [0, 0.05) is 10.9 Å². The van der Waals surface area contributed by atoms with Gasteiger partial charge < -0.3 is 31.7 Å². The second-order valence-electron chi connectivity index (χ2n) is 11.5. The molecule has 0 radical (unpaired) electrons. The first-order valence-corrected chi connectivity index (χ1v) is 16.6. The van der Waals surface area contributed by atoms with Crippen LogP contribution in [-0.4, -0.2) is 89.3 Å². The van der Waals surface area contributed by atoms with Crippen LogP contribution in [0.1, 0.15) is 56.9 Å². The highest BCUT2D eigenvalue weighted by atomic mass is 32.3. The standard InChI is InChI=1S/C27H36N8O8S2/c1-14(19-6-4-15-12-16(5-7-20(15)41-19)23(28)31-17-8-10-30-11-9-17)42-34-21(18-13-44-26(29)32-18)24(36)33-22-25(37)35(27(22,2)3)43-45(38,39)40/h5,7,12-14,17,19,22,30H,4,6,8-11H2,1-3H3,(H2,28,31)(H2,29,32)(H,33,36)(H,38,39,40)/b34-21-. The number of piperidine rings is 1. The molecule has 4 heterocycles. The lowest BCUT2D eigenvalue weighted by molar-refractivity contribution is -0.218. The fourth-order valence-electron chi connectivity index (χ4n) is 5.33. The Balaban J connectivity index is 1.25. The largest absolute Gasteiger partial charge is 0.486 e.